The van der Waals surface area contributed by atoms with E-state index in [-0.39, 0.29) is 9.92 Å². The molecule has 0 saturated carbocycles. The van der Waals surface area contributed by atoms with E-state index >= 15 is 0 Å². The average Bonchev–Trinajstić information content (AvgIpc) is 2.58. The zero-order valence-electron chi connectivity index (χ0n) is 12.2. The highest BCUT2D eigenvalue weighted by atomic mass is 35.5. The maximum Gasteiger partial charge on any atom is 0.244 e. The quantitative estimate of drug-likeness (QED) is 0.832. The molecule has 1 aromatic heterocycles. The number of anilines is 1. The summed E-state index contributed by atoms with van der Waals surface area (Å²) in [4.78, 5) is 6.18. The van der Waals surface area contributed by atoms with Gasteiger partial charge in [0.15, 0.2) is 0 Å². The summed E-state index contributed by atoms with van der Waals surface area (Å²) in [6.45, 7) is 2.02. The van der Waals surface area contributed by atoms with Crippen LogP contribution in [-0.2, 0) is 10.0 Å². The molecule has 0 N–H and O–H groups in total. The molecule has 8 heteroatoms. The lowest BCUT2D eigenvalue weighted by atomic mass is 10.3. The van der Waals surface area contributed by atoms with Crippen molar-refractivity contribution in [1.29, 1.82) is 0 Å². The highest BCUT2D eigenvalue weighted by Gasteiger charge is 2.30. The molecule has 3 rings (SSSR count). The minimum absolute atomic E-state index is 0.0593. The van der Waals surface area contributed by atoms with Crippen LogP contribution in [0, 0.1) is 0 Å². The van der Waals surface area contributed by atoms with E-state index < -0.39 is 10.0 Å². The van der Waals surface area contributed by atoms with Crippen molar-refractivity contribution in [2.24, 2.45) is 0 Å². The fourth-order valence-electron chi connectivity index (χ4n) is 2.56. The van der Waals surface area contributed by atoms with Gasteiger partial charge in [-0.25, -0.2) is 8.42 Å². The molecule has 0 aliphatic carbocycles. The minimum Gasteiger partial charge on any atom is -0.369 e. The second-order valence-corrected chi connectivity index (χ2v) is 7.92. The van der Waals surface area contributed by atoms with Gasteiger partial charge in [-0.15, -0.1) is 0 Å². The van der Waals surface area contributed by atoms with E-state index in [0.29, 0.717) is 31.2 Å². The highest BCUT2D eigenvalue weighted by Crippen LogP contribution is 2.28. The van der Waals surface area contributed by atoms with Gasteiger partial charge >= 0.3 is 0 Å². The highest BCUT2D eigenvalue weighted by molar-refractivity contribution is 7.89. The van der Waals surface area contributed by atoms with E-state index in [1.165, 1.54) is 16.4 Å². The molecule has 0 amide bonds. The molecule has 122 valence electrons. The zero-order chi connectivity index (χ0) is 16.4. The third-order valence-electron chi connectivity index (χ3n) is 3.78. The Kier molecular flexibility index (Phi) is 4.77. The van der Waals surface area contributed by atoms with Crippen LogP contribution in [0.15, 0.2) is 47.6 Å². The van der Waals surface area contributed by atoms with E-state index in [9.17, 15) is 8.42 Å². The van der Waals surface area contributed by atoms with Crippen LogP contribution >= 0.6 is 23.2 Å². The van der Waals surface area contributed by atoms with E-state index in [1.54, 1.807) is 18.5 Å². The summed E-state index contributed by atoms with van der Waals surface area (Å²) in [7, 11) is -3.64. The Morgan fingerprint density at radius 1 is 0.957 bits per heavy atom. The monoisotopic (exact) mass is 371 g/mol. The third kappa shape index (κ3) is 3.45. The third-order valence-corrected chi connectivity index (χ3v) is 6.39. The Bertz CT molecular complexity index is 792. The molecule has 1 aliphatic rings. The van der Waals surface area contributed by atoms with Crippen LogP contribution in [0.1, 0.15) is 0 Å². The van der Waals surface area contributed by atoms with E-state index in [0.717, 1.165) is 5.69 Å². The molecule has 0 unspecified atom stereocenters. The van der Waals surface area contributed by atoms with Crippen LogP contribution in [-0.4, -0.2) is 43.9 Å². The predicted octanol–water partition coefficient (Wildman–Crippen LogP) is 2.90. The summed E-state index contributed by atoms with van der Waals surface area (Å²) in [6, 6.07) is 8.30. The SMILES string of the molecule is O=S(=O)(c1cc(Cl)ccc1Cl)N1CCN(c2ccncc2)CC1. The van der Waals surface area contributed by atoms with Crippen molar-refractivity contribution < 1.29 is 8.42 Å². The van der Waals surface area contributed by atoms with Gasteiger partial charge in [0.2, 0.25) is 10.0 Å². The molecular formula is C15H15Cl2N3O2S. The Hall–Kier alpha value is -1.34. The first-order chi connectivity index (χ1) is 11.0. The zero-order valence-corrected chi connectivity index (χ0v) is 14.5. The van der Waals surface area contributed by atoms with E-state index in [4.69, 9.17) is 23.2 Å². The molecule has 2 heterocycles. The molecule has 5 nitrogen and oxygen atoms in total. The Morgan fingerprint density at radius 2 is 1.61 bits per heavy atom. The maximum absolute atomic E-state index is 12.8. The molecular weight excluding hydrogens is 357 g/mol. The number of halogens is 2. The molecule has 0 bridgehead atoms. The second kappa shape index (κ2) is 6.65. The first-order valence-corrected chi connectivity index (χ1v) is 9.28. The number of piperazine rings is 1. The molecule has 1 fully saturated rings. The normalized spacial score (nSPS) is 16.5. The van der Waals surface area contributed by atoms with Crippen molar-refractivity contribution in [2.75, 3.05) is 31.1 Å². The number of benzene rings is 1. The molecule has 0 spiro atoms. The van der Waals surface area contributed by atoms with Crippen LogP contribution in [0.25, 0.3) is 0 Å². The van der Waals surface area contributed by atoms with Gasteiger partial charge in [-0.3, -0.25) is 4.98 Å². The largest absolute Gasteiger partial charge is 0.369 e. The lowest BCUT2D eigenvalue weighted by Gasteiger charge is -2.35. The van der Waals surface area contributed by atoms with Crippen molar-refractivity contribution in [3.63, 3.8) is 0 Å². The minimum atomic E-state index is -3.64. The van der Waals surface area contributed by atoms with Crippen molar-refractivity contribution in [1.82, 2.24) is 9.29 Å². The smallest absolute Gasteiger partial charge is 0.244 e. The predicted molar refractivity (Wildman–Crippen MR) is 91.7 cm³/mol. The van der Waals surface area contributed by atoms with Gasteiger partial charge in [0.1, 0.15) is 4.90 Å². The molecule has 0 atom stereocenters. The van der Waals surface area contributed by atoms with Gasteiger partial charge in [-0.2, -0.15) is 4.31 Å². The van der Waals surface area contributed by atoms with E-state index in [1.807, 2.05) is 12.1 Å². The number of sulfonamides is 1. The molecule has 1 saturated heterocycles. The Morgan fingerprint density at radius 3 is 2.26 bits per heavy atom. The first kappa shape index (κ1) is 16.5. The lowest BCUT2D eigenvalue weighted by Crippen LogP contribution is -2.48. The lowest BCUT2D eigenvalue weighted by molar-refractivity contribution is 0.385. The summed E-state index contributed by atoms with van der Waals surface area (Å²) in [5.41, 5.74) is 1.04. The van der Waals surface area contributed by atoms with Crippen molar-refractivity contribution in [3.8, 4) is 0 Å². The van der Waals surface area contributed by atoms with Gasteiger partial charge < -0.3 is 4.90 Å². The standard InChI is InChI=1S/C15H15Cl2N3O2S/c16-12-1-2-14(17)15(11-12)23(21,22)20-9-7-19(8-10-20)13-3-5-18-6-4-13/h1-6,11H,7-10H2. The molecule has 1 aliphatic heterocycles. The van der Waals surface area contributed by atoms with Gasteiger partial charge in [0.25, 0.3) is 0 Å². The maximum atomic E-state index is 12.8. The van der Waals surface area contributed by atoms with Crippen molar-refractivity contribution >= 4 is 38.9 Å². The Labute approximate surface area is 145 Å². The Balaban J connectivity index is 1.78. The number of nitrogens with zero attached hydrogens (tertiary/aromatic N) is 3. The number of pyridine rings is 1. The second-order valence-electron chi connectivity index (χ2n) is 5.17. The summed E-state index contributed by atoms with van der Waals surface area (Å²) in [5, 5.41) is 0.536. The summed E-state index contributed by atoms with van der Waals surface area (Å²) < 4.78 is 27.0. The number of aromatic nitrogens is 1. The first-order valence-electron chi connectivity index (χ1n) is 7.08. The van der Waals surface area contributed by atoms with E-state index in [2.05, 4.69) is 9.88 Å². The van der Waals surface area contributed by atoms with Crippen molar-refractivity contribution in [2.45, 2.75) is 4.90 Å². The van der Waals surface area contributed by atoms with Crippen LogP contribution in [0.3, 0.4) is 0 Å². The summed E-state index contributed by atoms with van der Waals surface area (Å²) >= 11 is 12.0. The molecule has 0 radical (unpaired) electrons. The number of hydrogen-bond donors (Lipinski definition) is 0. The fourth-order valence-corrected chi connectivity index (χ4v) is 4.71. The van der Waals surface area contributed by atoms with Crippen LogP contribution in [0.5, 0.6) is 0 Å². The summed E-state index contributed by atoms with van der Waals surface area (Å²) in [5.74, 6) is 0. The number of rotatable bonds is 3. The summed E-state index contributed by atoms with van der Waals surface area (Å²) in [6.07, 6.45) is 3.45. The molecule has 1 aromatic carbocycles. The van der Waals surface area contributed by atoms with Gasteiger partial charge in [0.05, 0.1) is 5.02 Å². The van der Waals surface area contributed by atoms with Gasteiger partial charge in [-0.1, -0.05) is 23.2 Å². The van der Waals surface area contributed by atoms with Gasteiger partial charge in [-0.05, 0) is 30.3 Å². The molecule has 23 heavy (non-hydrogen) atoms. The van der Waals surface area contributed by atoms with Crippen LogP contribution in [0.2, 0.25) is 10.0 Å². The fraction of sp³-hybridized carbons (Fsp3) is 0.267. The average molecular weight is 372 g/mol. The molecule has 2 aromatic rings. The topological polar surface area (TPSA) is 53.5 Å². The van der Waals surface area contributed by atoms with Crippen LogP contribution in [0.4, 0.5) is 5.69 Å². The van der Waals surface area contributed by atoms with Gasteiger partial charge in [0, 0.05) is 49.3 Å². The number of hydrogen-bond acceptors (Lipinski definition) is 4. The van der Waals surface area contributed by atoms with Crippen LogP contribution < -0.4 is 4.90 Å². The van der Waals surface area contributed by atoms with Crippen molar-refractivity contribution in [3.05, 3.63) is 52.8 Å².